The minimum Gasteiger partial charge on any atom is -0.354 e. The second kappa shape index (κ2) is 7.17. The first-order valence-corrected chi connectivity index (χ1v) is 9.72. The molecule has 0 saturated heterocycles. The van der Waals surface area contributed by atoms with Gasteiger partial charge in [-0.05, 0) is 61.7 Å². The molecule has 0 spiro atoms. The van der Waals surface area contributed by atoms with Crippen molar-refractivity contribution in [3.8, 4) is 0 Å². The lowest BCUT2D eigenvalue weighted by molar-refractivity contribution is 0.600. The van der Waals surface area contributed by atoms with Crippen LogP contribution >= 0.6 is 0 Å². The first-order chi connectivity index (χ1) is 12.3. The molecule has 3 rings (SSSR count). The van der Waals surface area contributed by atoms with Gasteiger partial charge in [-0.25, -0.2) is 13.4 Å². The van der Waals surface area contributed by atoms with E-state index in [4.69, 9.17) is 0 Å². The van der Waals surface area contributed by atoms with Gasteiger partial charge in [0.25, 0.3) is 10.0 Å². The van der Waals surface area contributed by atoms with E-state index in [1.807, 2.05) is 44.2 Å². The van der Waals surface area contributed by atoms with Crippen LogP contribution in [0.1, 0.15) is 16.7 Å². The number of aromatic nitrogens is 1. The highest BCUT2D eigenvalue weighted by Crippen LogP contribution is 2.22. The van der Waals surface area contributed by atoms with Gasteiger partial charge in [0.2, 0.25) is 0 Å². The van der Waals surface area contributed by atoms with E-state index in [1.165, 1.54) is 0 Å². The molecule has 0 unspecified atom stereocenters. The van der Waals surface area contributed by atoms with Crippen LogP contribution in [0.2, 0.25) is 0 Å². The Hall–Kier alpha value is -2.86. The fourth-order valence-corrected chi connectivity index (χ4v) is 3.93. The van der Waals surface area contributed by atoms with Crippen molar-refractivity contribution in [2.75, 3.05) is 10.0 Å². The van der Waals surface area contributed by atoms with E-state index in [0.717, 1.165) is 22.5 Å². The third kappa shape index (κ3) is 4.03. The van der Waals surface area contributed by atoms with Gasteiger partial charge in [0, 0.05) is 5.69 Å². The number of anilines is 3. The van der Waals surface area contributed by atoms with Crippen LogP contribution in [0.5, 0.6) is 0 Å². The summed E-state index contributed by atoms with van der Waals surface area (Å²) in [6.07, 6.45) is 1.60. The van der Waals surface area contributed by atoms with E-state index in [1.54, 1.807) is 37.4 Å². The summed E-state index contributed by atoms with van der Waals surface area (Å²) >= 11 is 0. The maximum absolute atomic E-state index is 12.6. The molecule has 3 aromatic rings. The second-order valence-corrected chi connectivity index (χ2v) is 7.90. The van der Waals surface area contributed by atoms with Gasteiger partial charge >= 0.3 is 0 Å². The maximum atomic E-state index is 12.6. The van der Waals surface area contributed by atoms with Crippen LogP contribution in [0.25, 0.3) is 0 Å². The average molecular weight is 367 g/mol. The fraction of sp³-hybridized carbons (Fsp3) is 0.150. The number of pyridine rings is 1. The standard InChI is InChI=1S/C20H21N3O2S/c1-14-8-9-16(3)19(12-14)26(24,25)23-20-11-10-17(13-21-20)22-18-7-5-4-6-15(18)2/h4-13,22H,1-3H3,(H,21,23). The van der Waals surface area contributed by atoms with Gasteiger partial charge in [0.15, 0.2) is 0 Å². The predicted molar refractivity (Wildman–Crippen MR) is 105 cm³/mol. The molecule has 0 saturated carbocycles. The summed E-state index contributed by atoms with van der Waals surface area (Å²) in [7, 11) is -3.68. The van der Waals surface area contributed by atoms with Crippen LogP contribution in [0, 0.1) is 20.8 Å². The molecule has 0 radical (unpaired) electrons. The lowest BCUT2D eigenvalue weighted by Crippen LogP contribution is -2.15. The molecule has 26 heavy (non-hydrogen) atoms. The fourth-order valence-electron chi connectivity index (χ4n) is 2.59. The van der Waals surface area contributed by atoms with Gasteiger partial charge in [0.1, 0.15) is 5.82 Å². The molecule has 0 amide bonds. The molecule has 1 heterocycles. The van der Waals surface area contributed by atoms with Crippen LogP contribution in [-0.4, -0.2) is 13.4 Å². The topological polar surface area (TPSA) is 71.1 Å². The van der Waals surface area contributed by atoms with Gasteiger partial charge in [-0.2, -0.15) is 0 Å². The highest BCUT2D eigenvalue weighted by Gasteiger charge is 2.17. The van der Waals surface area contributed by atoms with Crippen molar-refractivity contribution >= 4 is 27.2 Å². The molecule has 0 atom stereocenters. The van der Waals surface area contributed by atoms with E-state index < -0.39 is 10.0 Å². The van der Waals surface area contributed by atoms with Crippen molar-refractivity contribution in [2.45, 2.75) is 25.7 Å². The van der Waals surface area contributed by atoms with Gasteiger partial charge in [-0.15, -0.1) is 0 Å². The van der Waals surface area contributed by atoms with Crippen molar-refractivity contribution in [1.82, 2.24) is 4.98 Å². The third-order valence-electron chi connectivity index (χ3n) is 4.06. The Balaban J connectivity index is 1.79. The Bertz CT molecular complexity index is 1030. The Labute approximate surface area is 154 Å². The number of para-hydroxylation sites is 1. The molecule has 6 heteroatoms. The molecule has 0 aliphatic rings. The molecule has 0 aliphatic carbocycles. The van der Waals surface area contributed by atoms with Crippen LogP contribution in [0.4, 0.5) is 17.2 Å². The number of hydrogen-bond donors (Lipinski definition) is 2. The number of benzene rings is 2. The van der Waals surface area contributed by atoms with Crippen molar-refractivity contribution < 1.29 is 8.42 Å². The van der Waals surface area contributed by atoms with Crippen LogP contribution in [0.3, 0.4) is 0 Å². The van der Waals surface area contributed by atoms with E-state index >= 15 is 0 Å². The van der Waals surface area contributed by atoms with Crippen molar-refractivity contribution in [3.05, 3.63) is 77.5 Å². The average Bonchev–Trinajstić information content (AvgIpc) is 2.60. The molecule has 0 fully saturated rings. The Morgan fingerprint density at radius 1 is 0.885 bits per heavy atom. The van der Waals surface area contributed by atoms with E-state index in [9.17, 15) is 8.42 Å². The Morgan fingerprint density at radius 2 is 1.65 bits per heavy atom. The summed E-state index contributed by atoms with van der Waals surface area (Å²) in [6, 6.07) is 16.7. The van der Waals surface area contributed by atoms with E-state index in [-0.39, 0.29) is 10.7 Å². The van der Waals surface area contributed by atoms with Crippen molar-refractivity contribution in [3.63, 3.8) is 0 Å². The van der Waals surface area contributed by atoms with Crippen LogP contribution < -0.4 is 10.0 Å². The molecule has 134 valence electrons. The predicted octanol–water partition coefficient (Wildman–Crippen LogP) is 4.55. The summed E-state index contributed by atoms with van der Waals surface area (Å²) in [5.74, 6) is 0.279. The van der Waals surface area contributed by atoms with E-state index in [0.29, 0.717) is 5.56 Å². The normalized spacial score (nSPS) is 11.2. The van der Waals surface area contributed by atoms with Gasteiger partial charge in [-0.1, -0.05) is 30.3 Å². The summed E-state index contributed by atoms with van der Waals surface area (Å²) in [6.45, 7) is 5.65. The van der Waals surface area contributed by atoms with Gasteiger partial charge < -0.3 is 5.32 Å². The van der Waals surface area contributed by atoms with Crippen molar-refractivity contribution in [2.24, 2.45) is 0 Å². The number of nitrogens with zero attached hydrogens (tertiary/aromatic N) is 1. The minimum atomic E-state index is -3.68. The molecule has 2 aromatic carbocycles. The van der Waals surface area contributed by atoms with Crippen molar-refractivity contribution in [1.29, 1.82) is 0 Å². The molecule has 0 bridgehead atoms. The number of hydrogen-bond acceptors (Lipinski definition) is 4. The highest BCUT2D eigenvalue weighted by atomic mass is 32.2. The van der Waals surface area contributed by atoms with Crippen LogP contribution in [-0.2, 0) is 10.0 Å². The lowest BCUT2D eigenvalue weighted by Gasteiger charge is -2.12. The molecular weight excluding hydrogens is 346 g/mol. The Morgan fingerprint density at radius 3 is 2.35 bits per heavy atom. The summed E-state index contributed by atoms with van der Waals surface area (Å²) in [5, 5.41) is 3.27. The number of nitrogens with one attached hydrogen (secondary N) is 2. The summed E-state index contributed by atoms with van der Waals surface area (Å²) in [5.41, 5.74) is 4.47. The molecule has 5 nitrogen and oxygen atoms in total. The molecule has 0 aliphatic heterocycles. The van der Waals surface area contributed by atoms with E-state index in [2.05, 4.69) is 15.0 Å². The first kappa shape index (κ1) is 17.9. The number of rotatable bonds is 5. The monoisotopic (exact) mass is 367 g/mol. The largest absolute Gasteiger partial charge is 0.354 e. The zero-order valence-corrected chi connectivity index (χ0v) is 15.8. The second-order valence-electron chi connectivity index (χ2n) is 6.25. The molecule has 2 N–H and O–H groups in total. The lowest BCUT2D eigenvalue weighted by atomic mass is 10.2. The first-order valence-electron chi connectivity index (χ1n) is 8.24. The SMILES string of the molecule is Cc1ccc(C)c(S(=O)(=O)Nc2ccc(Nc3ccccc3C)cn2)c1. The zero-order chi connectivity index (χ0) is 18.7. The quantitative estimate of drug-likeness (QED) is 0.694. The van der Waals surface area contributed by atoms with Crippen LogP contribution in [0.15, 0.2) is 65.7 Å². The number of sulfonamides is 1. The summed E-state index contributed by atoms with van der Waals surface area (Å²) < 4.78 is 27.8. The highest BCUT2D eigenvalue weighted by molar-refractivity contribution is 7.92. The van der Waals surface area contributed by atoms with Gasteiger partial charge in [0.05, 0.1) is 16.8 Å². The smallest absolute Gasteiger partial charge is 0.263 e. The third-order valence-corrected chi connectivity index (χ3v) is 5.56. The molecular formula is C20H21N3O2S. The minimum absolute atomic E-state index is 0.265. The number of aryl methyl sites for hydroxylation is 3. The van der Waals surface area contributed by atoms with Gasteiger partial charge in [-0.3, -0.25) is 4.72 Å². The summed E-state index contributed by atoms with van der Waals surface area (Å²) in [4.78, 5) is 4.48. The maximum Gasteiger partial charge on any atom is 0.263 e. The Kier molecular flexibility index (Phi) is 4.95. The molecule has 1 aromatic heterocycles. The zero-order valence-electron chi connectivity index (χ0n) is 14.9.